The maximum atomic E-state index is 11.8. The number of carbonyl (C=O) groups is 1. The normalized spacial score (nSPS) is 10.6. The second-order valence-corrected chi connectivity index (χ2v) is 5.81. The van der Waals surface area contributed by atoms with Crippen molar-refractivity contribution in [2.75, 3.05) is 13.7 Å². The van der Waals surface area contributed by atoms with E-state index in [1.807, 2.05) is 32.0 Å². The Labute approximate surface area is 128 Å². The number of hydrogen-bond acceptors (Lipinski definition) is 3. The highest BCUT2D eigenvalue weighted by atomic mass is 79.9. The average molecular weight is 352 g/mol. The lowest BCUT2D eigenvalue weighted by molar-refractivity contribution is -0.120. The minimum absolute atomic E-state index is 0. The zero-order valence-electron chi connectivity index (χ0n) is 11.3. The quantitative estimate of drug-likeness (QED) is 0.855. The lowest BCUT2D eigenvalue weighted by Crippen LogP contribution is -2.45. The van der Waals surface area contributed by atoms with E-state index in [9.17, 15) is 4.79 Å². The lowest BCUT2D eigenvalue weighted by Gasteiger charge is -2.19. The van der Waals surface area contributed by atoms with Crippen molar-refractivity contribution in [3.05, 3.63) is 28.2 Å². The molecule has 0 radical (unpaired) electrons. The number of rotatable bonds is 5. The summed E-state index contributed by atoms with van der Waals surface area (Å²) in [7, 11) is 1.59. The molecule has 1 amide bonds. The van der Waals surface area contributed by atoms with Gasteiger partial charge >= 0.3 is 0 Å². The molecule has 0 saturated carbocycles. The molecule has 1 rings (SSSR count). The molecule has 19 heavy (non-hydrogen) atoms. The van der Waals surface area contributed by atoms with Gasteiger partial charge in [-0.25, -0.2) is 0 Å². The van der Waals surface area contributed by atoms with Gasteiger partial charge in [0.25, 0.3) is 0 Å². The topological polar surface area (TPSA) is 64.3 Å². The predicted molar refractivity (Wildman–Crippen MR) is 82.9 cm³/mol. The smallest absolute Gasteiger partial charge is 0.224 e. The number of nitrogens with one attached hydrogen (secondary N) is 1. The monoisotopic (exact) mass is 350 g/mol. The molecule has 0 aliphatic carbocycles. The van der Waals surface area contributed by atoms with E-state index in [4.69, 9.17) is 10.5 Å². The highest BCUT2D eigenvalue weighted by Crippen LogP contribution is 2.23. The van der Waals surface area contributed by atoms with Gasteiger partial charge in [-0.3, -0.25) is 4.79 Å². The van der Waals surface area contributed by atoms with E-state index in [2.05, 4.69) is 21.2 Å². The van der Waals surface area contributed by atoms with E-state index in [0.29, 0.717) is 12.3 Å². The highest BCUT2D eigenvalue weighted by Gasteiger charge is 2.14. The number of hydrogen-bond donors (Lipinski definition) is 2. The van der Waals surface area contributed by atoms with Gasteiger partial charge in [0.2, 0.25) is 5.91 Å². The van der Waals surface area contributed by atoms with Gasteiger partial charge in [0.15, 0.2) is 0 Å². The third-order valence-electron chi connectivity index (χ3n) is 2.33. The Kier molecular flexibility index (Phi) is 7.41. The lowest BCUT2D eigenvalue weighted by atomic mass is 10.1. The van der Waals surface area contributed by atoms with Crippen LogP contribution in [0.5, 0.6) is 5.75 Å². The van der Waals surface area contributed by atoms with Crippen molar-refractivity contribution in [1.29, 1.82) is 0 Å². The molecule has 1 aromatic rings. The number of halogens is 2. The number of amides is 1. The van der Waals surface area contributed by atoms with E-state index in [1.165, 1.54) is 0 Å². The van der Waals surface area contributed by atoms with Crippen molar-refractivity contribution < 1.29 is 9.53 Å². The molecule has 0 heterocycles. The van der Waals surface area contributed by atoms with E-state index in [-0.39, 0.29) is 24.7 Å². The number of carbonyl (C=O) groups excluding carboxylic acids is 1. The van der Waals surface area contributed by atoms with Crippen LogP contribution in [0.25, 0.3) is 0 Å². The molecule has 0 atom stereocenters. The number of ether oxygens (including phenoxy) is 1. The van der Waals surface area contributed by atoms with Gasteiger partial charge in [-0.15, -0.1) is 12.4 Å². The van der Waals surface area contributed by atoms with Crippen LogP contribution in [0.2, 0.25) is 0 Å². The number of nitrogens with two attached hydrogens (primary N) is 1. The minimum Gasteiger partial charge on any atom is -0.496 e. The van der Waals surface area contributed by atoms with Gasteiger partial charge in [0, 0.05) is 22.1 Å². The first-order chi connectivity index (χ1) is 8.31. The Hall–Kier alpha value is -0.780. The third-order valence-corrected chi connectivity index (χ3v) is 2.83. The van der Waals surface area contributed by atoms with Crippen molar-refractivity contribution in [2.45, 2.75) is 25.8 Å². The van der Waals surface area contributed by atoms with Gasteiger partial charge in [-0.2, -0.15) is 0 Å². The summed E-state index contributed by atoms with van der Waals surface area (Å²) in [6.07, 6.45) is 0.276. The molecule has 1 aromatic carbocycles. The maximum Gasteiger partial charge on any atom is 0.224 e. The van der Waals surface area contributed by atoms with Crippen LogP contribution in [-0.4, -0.2) is 25.1 Å². The first-order valence-corrected chi connectivity index (χ1v) is 6.49. The fourth-order valence-electron chi connectivity index (χ4n) is 1.45. The van der Waals surface area contributed by atoms with E-state index in [1.54, 1.807) is 7.11 Å². The summed E-state index contributed by atoms with van der Waals surface area (Å²) >= 11 is 3.38. The molecule has 0 aliphatic heterocycles. The maximum absolute atomic E-state index is 11.8. The van der Waals surface area contributed by atoms with Crippen LogP contribution in [0.1, 0.15) is 19.4 Å². The summed E-state index contributed by atoms with van der Waals surface area (Å²) in [6.45, 7) is 4.18. The fourth-order valence-corrected chi connectivity index (χ4v) is 1.86. The van der Waals surface area contributed by atoms with E-state index in [0.717, 1.165) is 10.0 Å². The molecule has 0 bridgehead atoms. The van der Waals surface area contributed by atoms with Crippen LogP contribution in [0.3, 0.4) is 0 Å². The average Bonchev–Trinajstić information content (AvgIpc) is 2.26. The Morgan fingerprint density at radius 3 is 2.63 bits per heavy atom. The van der Waals surface area contributed by atoms with Crippen LogP contribution < -0.4 is 15.8 Å². The minimum atomic E-state index is -0.406. The summed E-state index contributed by atoms with van der Waals surface area (Å²) < 4.78 is 6.14. The Morgan fingerprint density at radius 2 is 2.11 bits per heavy atom. The van der Waals surface area contributed by atoms with Crippen LogP contribution in [0.15, 0.2) is 22.7 Å². The first kappa shape index (κ1) is 18.2. The molecule has 0 aromatic heterocycles. The second kappa shape index (κ2) is 7.72. The molecule has 0 fully saturated rings. The number of benzene rings is 1. The van der Waals surface area contributed by atoms with Gasteiger partial charge in [0.05, 0.1) is 13.5 Å². The summed E-state index contributed by atoms with van der Waals surface area (Å²) in [5, 5.41) is 2.81. The largest absolute Gasteiger partial charge is 0.496 e. The Bertz CT molecular complexity index is 433. The van der Waals surface area contributed by atoms with Crippen molar-refractivity contribution in [3.8, 4) is 5.75 Å². The van der Waals surface area contributed by atoms with Crippen molar-refractivity contribution >= 4 is 34.2 Å². The van der Waals surface area contributed by atoms with Crippen molar-refractivity contribution in [1.82, 2.24) is 5.32 Å². The summed E-state index contributed by atoms with van der Waals surface area (Å²) in [6, 6.07) is 5.59. The molecule has 0 spiro atoms. The molecule has 108 valence electrons. The molecule has 6 heteroatoms. The van der Waals surface area contributed by atoms with Crippen LogP contribution >= 0.6 is 28.3 Å². The molecular weight excluding hydrogens is 332 g/mol. The van der Waals surface area contributed by atoms with Gasteiger partial charge < -0.3 is 15.8 Å². The van der Waals surface area contributed by atoms with E-state index >= 15 is 0 Å². The second-order valence-electron chi connectivity index (χ2n) is 4.90. The molecular formula is C13H20BrClN2O2. The third kappa shape index (κ3) is 6.80. The SMILES string of the molecule is COc1ccc(Br)cc1CC(=O)NCC(C)(C)N.Cl. The standard InChI is InChI=1S/C13H19BrN2O2.ClH/c1-13(2,15)8-16-12(17)7-9-6-10(14)4-5-11(9)18-3;/h4-6H,7-8,15H2,1-3H3,(H,16,17);1H. The summed E-state index contributed by atoms with van der Waals surface area (Å²) in [5.74, 6) is 0.644. The van der Waals surface area contributed by atoms with Crippen LogP contribution in [0.4, 0.5) is 0 Å². The van der Waals surface area contributed by atoms with Crippen molar-refractivity contribution in [3.63, 3.8) is 0 Å². The molecule has 0 saturated heterocycles. The first-order valence-electron chi connectivity index (χ1n) is 5.70. The zero-order chi connectivity index (χ0) is 13.8. The highest BCUT2D eigenvalue weighted by molar-refractivity contribution is 9.10. The Balaban J connectivity index is 0.00000324. The summed E-state index contributed by atoms with van der Waals surface area (Å²) in [5.41, 5.74) is 6.25. The van der Waals surface area contributed by atoms with Crippen LogP contribution in [-0.2, 0) is 11.2 Å². The molecule has 0 aliphatic rings. The van der Waals surface area contributed by atoms with Gasteiger partial charge in [-0.1, -0.05) is 15.9 Å². The van der Waals surface area contributed by atoms with Gasteiger partial charge in [0.1, 0.15) is 5.75 Å². The molecule has 0 unspecified atom stereocenters. The van der Waals surface area contributed by atoms with E-state index < -0.39 is 5.54 Å². The van der Waals surface area contributed by atoms with Crippen LogP contribution in [0, 0.1) is 0 Å². The number of methoxy groups -OCH3 is 1. The zero-order valence-corrected chi connectivity index (χ0v) is 13.7. The molecule has 4 nitrogen and oxygen atoms in total. The van der Waals surface area contributed by atoms with Gasteiger partial charge in [-0.05, 0) is 32.0 Å². The summed E-state index contributed by atoms with van der Waals surface area (Å²) in [4.78, 5) is 11.8. The van der Waals surface area contributed by atoms with Crippen molar-refractivity contribution in [2.24, 2.45) is 5.73 Å². The molecule has 3 N–H and O–H groups in total. The predicted octanol–water partition coefficient (Wildman–Crippen LogP) is 2.28. The fraction of sp³-hybridized carbons (Fsp3) is 0.462. The Morgan fingerprint density at radius 1 is 1.47 bits per heavy atom.